The van der Waals surface area contributed by atoms with Crippen molar-refractivity contribution in [2.24, 2.45) is 104 Å². The Bertz CT molecular complexity index is 2260. The summed E-state index contributed by atoms with van der Waals surface area (Å²) >= 11 is 0. The first-order chi connectivity index (χ1) is 31.4. The lowest BCUT2D eigenvalue weighted by molar-refractivity contribution is -0.190. The third kappa shape index (κ3) is 6.96. The zero-order chi connectivity index (χ0) is 46.7. The average molecular weight is 909 g/mol. The number of fused-ring (bicyclic) bond motifs is 8. The van der Waals surface area contributed by atoms with Crippen molar-refractivity contribution < 1.29 is 45.0 Å². The lowest BCUT2D eigenvalue weighted by atomic mass is 9.44. The number of hydrogen-bond donors (Lipinski definition) is 9. The van der Waals surface area contributed by atoms with Crippen LogP contribution in [-0.2, 0) is 14.3 Å². The van der Waals surface area contributed by atoms with E-state index in [2.05, 4.69) is 47.0 Å². The highest BCUT2D eigenvalue weighted by atomic mass is 16.5. The topological polar surface area (TPSA) is 245 Å². The summed E-state index contributed by atoms with van der Waals surface area (Å²) < 4.78 is 5.94. The summed E-state index contributed by atoms with van der Waals surface area (Å²) in [5.74, 6) is 3.93. The van der Waals surface area contributed by atoms with Gasteiger partial charge in [-0.1, -0.05) is 43.6 Å². The van der Waals surface area contributed by atoms with Crippen LogP contribution < -0.4 is 11.5 Å². The Morgan fingerprint density at radius 3 is 2.56 bits per heavy atom. The van der Waals surface area contributed by atoms with Gasteiger partial charge >= 0.3 is 5.97 Å². The van der Waals surface area contributed by atoms with E-state index in [1.807, 2.05) is 25.4 Å². The van der Waals surface area contributed by atoms with Crippen molar-refractivity contribution in [2.75, 3.05) is 19.8 Å². The predicted molar refractivity (Wildman–Crippen MR) is 246 cm³/mol. The Morgan fingerprint density at radius 2 is 1.82 bits per heavy atom. The third-order valence-electron chi connectivity index (χ3n) is 19.9. The van der Waals surface area contributed by atoms with E-state index in [0.29, 0.717) is 24.3 Å². The first kappa shape index (κ1) is 46.0. The lowest BCUT2D eigenvalue weighted by Crippen LogP contribution is -2.64. The number of allylic oxidation sites excluding steroid dienone is 5. The summed E-state index contributed by atoms with van der Waals surface area (Å²) in [6.07, 6.45) is 14.1. The van der Waals surface area contributed by atoms with E-state index in [0.717, 1.165) is 24.8 Å². The van der Waals surface area contributed by atoms with Gasteiger partial charge in [0.05, 0.1) is 42.0 Å². The molecule has 13 nitrogen and oxygen atoms in total. The number of aromatic nitrogens is 1. The number of nitrogens with zero attached hydrogens (tertiary/aromatic N) is 1. The van der Waals surface area contributed by atoms with Crippen molar-refractivity contribution in [3.05, 3.63) is 59.5 Å². The van der Waals surface area contributed by atoms with Gasteiger partial charge in [-0.05, 0) is 153 Å². The fourth-order valence-electron chi connectivity index (χ4n) is 17.0. The Morgan fingerprint density at radius 1 is 1.02 bits per heavy atom. The summed E-state index contributed by atoms with van der Waals surface area (Å²) in [5.41, 5.74) is 9.39. The molecule has 1 aromatic heterocycles. The van der Waals surface area contributed by atoms with Crippen LogP contribution in [0.2, 0.25) is 0 Å². The first-order valence-corrected chi connectivity index (χ1v) is 25.0. The van der Waals surface area contributed by atoms with Crippen molar-refractivity contribution in [3.8, 4) is 11.8 Å². The highest BCUT2D eigenvalue weighted by Gasteiger charge is 2.73. The molecule has 0 amide bonds. The van der Waals surface area contributed by atoms with E-state index >= 15 is 0 Å². The molecule has 0 spiro atoms. The molecule has 0 radical (unpaired) electrons. The minimum absolute atomic E-state index is 0.00628. The molecule has 0 aromatic carbocycles. The van der Waals surface area contributed by atoms with Gasteiger partial charge in [-0.15, -0.1) is 5.92 Å². The number of ketones is 1. The highest BCUT2D eigenvalue weighted by Crippen LogP contribution is 2.72. The normalized spacial score (nSPS) is 49.3. The van der Waals surface area contributed by atoms with Gasteiger partial charge in [-0.25, -0.2) is 0 Å². The molecule has 1 aromatic rings. The Labute approximate surface area is 388 Å². The number of carbonyl (C=O) groups excluding carboxylic acids is 2. The number of H-pyrrole nitrogens is 1. The number of ether oxygens (including phenoxy) is 1. The summed E-state index contributed by atoms with van der Waals surface area (Å²) in [4.78, 5) is 35.7. The molecule has 8 aliphatic carbocycles. The molecule has 2 heterocycles. The van der Waals surface area contributed by atoms with Gasteiger partial charge in [0.25, 0.3) is 0 Å². The van der Waals surface area contributed by atoms with Crippen LogP contribution in [-0.4, -0.2) is 103 Å². The number of cyclic esters (lactones) is 1. The molecule has 5 fully saturated rings. The summed E-state index contributed by atoms with van der Waals surface area (Å²) in [6, 6.07) is 1.94. The molecule has 1 saturated heterocycles. The quantitative estimate of drug-likeness (QED) is 0.0652. The predicted octanol–water partition coefficient (Wildman–Crippen LogP) is 3.89. The highest BCUT2D eigenvalue weighted by molar-refractivity contribution is 5.95. The maximum absolute atomic E-state index is 14.3. The molecule has 21 atom stereocenters. The molecule has 4 bridgehead atoms. The standard InChI is InChI=1S/C53H72N4O9/c1-27-7-8-28-18-29-9-10-34-33(36-26-66-48(63)45(36)31-12-15-56-24-31)6-4-5-30-22-53(65)38-20-40(59)39-21-41(60)42(61)23-50(39,2)37(38)11-13-52(53,14-16-57-49(54)55)47(30)51(3,64)43(62)19-32(25-58)44(29)46(34)35(28)17-27/h9-10,12,15,18,20,24,27,29-30,32-37,39,41-47,56,58,60-62,64-65H,5,7-8,11,13-14,16-17,19,21-23,25-26H2,1-3H3,(H4,54,55,57)/t27-,29+,30-,32+,33+,34+,35+,36-,37+,39+,41-,42+,43-,44+,45-,46-,47-,50-,51+,52+,53-/m1/s1. The number of aliphatic hydroxyl groups excluding tert-OH is 4. The monoisotopic (exact) mass is 909 g/mol. The number of aromatic amines is 1. The van der Waals surface area contributed by atoms with E-state index in [1.165, 1.54) is 5.57 Å². The number of carbonyl (C=O) groups is 2. The number of rotatable bonds is 6. The molecule has 1 aliphatic heterocycles. The number of aliphatic imine (C=N–C) groups is 1. The fraction of sp³-hybridized carbons (Fsp3) is 0.717. The van der Waals surface area contributed by atoms with Crippen LogP contribution in [0.15, 0.2) is 58.9 Å². The van der Waals surface area contributed by atoms with Crippen LogP contribution in [0, 0.1) is 99.6 Å². The van der Waals surface area contributed by atoms with Crippen LogP contribution in [0.4, 0.5) is 0 Å². The van der Waals surface area contributed by atoms with Gasteiger partial charge in [0.15, 0.2) is 11.7 Å². The molecule has 4 saturated carbocycles. The number of esters is 1. The molecular weight excluding hydrogens is 837 g/mol. The van der Waals surface area contributed by atoms with Crippen LogP contribution >= 0.6 is 0 Å². The number of nitrogens with two attached hydrogens (primary N) is 2. The summed E-state index contributed by atoms with van der Waals surface area (Å²) in [6.45, 7) is 6.16. The SMILES string of the molecule is C[C@@H]1CCC2=C[C@@H]3C=C[C@H]4[C@@H]([C@H]5COC(=O)[C@@H]5c5cc[nH]c5)C#CC[C@@H]5C[C@@]6(O)C7=CC(=O)[C@@H]8C[C@@H](O)[C@@H](O)C[C@]8(C)[C@H]7CC[C@]6(CCN=C(N)N)[C@H]5[C@@](C)(O)[C@H](O)C[C@@H](CO)[C@H]3[C@H]4[C@H]2C1. The molecule has 10 rings (SSSR count). The van der Waals surface area contributed by atoms with E-state index in [4.69, 9.17) is 16.2 Å². The molecule has 0 unspecified atom stereocenters. The van der Waals surface area contributed by atoms with Crippen LogP contribution in [0.5, 0.6) is 0 Å². The minimum atomic E-state index is -1.82. The van der Waals surface area contributed by atoms with Crippen molar-refractivity contribution >= 4 is 17.7 Å². The van der Waals surface area contributed by atoms with E-state index in [9.17, 15) is 40.2 Å². The van der Waals surface area contributed by atoms with Gasteiger partial charge in [-0.3, -0.25) is 14.6 Å². The van der Waals surface area contributed by atoms with E-state index < -0.39 is 69.9 Å². The smallest absolute Gasteiger partial charge is 0.313 e. The molecular formula is C53H72N4O9. The first-order valence-electron chi connectivity index (χ1n) is 25.0. The zero-order valence-electron chi connectivity index (χ0n) is 38.8. The van der Waals surface area contributed by atoms with Gasteiger partial charge < -0.3 is 51.8 Å². The second kappa shape index (κ2) is 16.7. The minimum Gasteiger partial charge on any atom is -0.465 e. The van der Waals surface area contributed by atoms with Crippen molar-refractivity contribution in [1.29, 1.82) is 0 Å². The Balaban J connectivity index is 1.13. The van der Waals surface area contributed by atoms with E-state index in [-0.39, 0.29) is 123 Å². The van der Waals surface area contributed by atoms with Crippen LogP contribution in [0.25, 0.3) is 0 Å². The maximum atomic E-state index is 14.3. The number of aliphatic hydroxyl groups is 6. The molecule has 13 heteroatoms. The molecule has 66 heavy (non-hydrogen) atoms. The van der Waals surface area contributed by atoms with Gasteiger partial charge in [0.1, 0.15) is 0 Å². The van der Waals surface area contributed by atoms with Crippen molar-refractivity contribution in [3.63, 3.8) is 0 Å². The summed E-state index contributed by atoms with van der Waals surface area (Å²) in [5, 5.41) is 73.5. The Hall–Kier alpha value is -3.77. The largest absolute Gasteiger partial charge is 0.465 e. The number of hydrogen-bond acceptors (Lipinski definition) is 10. The van der Waals surface area contributed by atoms with Crippen molar-refractivity contribution in [1.82, 2.24) is 4.98 Å². The lowest BCUT2D eigenvalue weighted by Gasteiger charge is -2.61. The molecule has 358 valence electrons. The van der Waals surface area contributed by atoms with Crippen molar-refractivity contribution in [2.45, 2.75) is 127 Å². The average Bonchev–Trinajstić information content (AvgIpc) is 3.99. The summed E-state index contributed by atoms with van der Waals surface area (Å²) in [7, 11) is 0. The zero-order valence-corrected chi connectivity index (χ0v) is 38.8. The van der Waals surface area contributed by atoms with Crippen LogP contribution in [0.3, 0.4) is 0 Å². The van der Waals surface area contributed by atoms with Gasteiger partial charge in [0, 0.05) is 61.1 Å². The molecule has 9 aliphatic rings. The second-order valence-corrected chi connectivity index (χ2v) is 23.0. The van der Waals surface area contributed by atoms with Crippen LogP contribution in [0.1, 0.15) is 103 Å². The Kier molecular flexibility index (Phi) is 11.7. The number of guanidine groups is 1. The molecule has 11 N–H and O–H groups in total. The maximum Gasteiger partial charge on any atom is 0.313 e. The second-order valence-electron chi connectivity index (χ2n) is 23.0. The van der Waals surface area contributed by atoms with Gasteiger partial charge in [0.2, 0.25) is 0 Å². The number of nitrogens with one attached hydrogen (secondary N) is 1. The fourth-order valence-corrected chi connectivity index (χ4v) is 17.0. The third-order valence-corrected chi connectivity index (χ3v) is 19.9. The van der Waals surface area contributed by atoms with Gasteiger partial charge in [-0.2, -0.15) is 0 Å². The van der Waals surface area contributed by atoms with E-state index in [1.54, 1.807) is 13.0 Å².